The van der Waals surface area contributed by atoms with Crippen molar-refractivity contribution in [1.29, 1.82) is 0 Å². The maximum Gasteiger partial charge on any atom is 0.255 e. The van der Waals surface area contributed by atoms with Crippen molar-refractivity contribution in [2.75, 3.05) is 19.8 Å². The predicted molar refractivity (Wildman–Crippen MR) is 107 cm³/mol. The van der Waals surface area contributed by atoms with Gasteiger partial charge in [0.25, 0.3) is 5.91 Å². The van der Waals surface area contributed by atoms with Crippen LogP contribution in [0.5, 0.6) is 0 Å². The molecule has 2 aromatic heterocycles. The maximum atomic E-state index is 13.1. The van der Waals surface area contributed by atoms with Crippen molar-refractivity contribution in [3.8, 4) is 0 Å². The maximum absolute atomic E-state index is 13.1. The normalized spacial score (nSPS) is 17.2. The molecule has 1 atom stereocenters. The monoisotopic (exact) mass is 379 g/mol. The minimum absolute atomic E-state index is 0.00270. The number of fused-ring (bicyclic) bond motifs is 1. The largest absolute Gasteiger partial charge is 0.392 e. The highest BCUT2D eigenvalue weighted by Gasteiger charge is 2.29. The van der Waals surface area contributed by atoms with E-state index in [2.05, 4.69) is 15.7 Å². The standard InChI is InChI=1S/C22H25N3O3/c1-15-3-5-17(11-23-15)22(27)25-7-8-28-14-19(25)10-18-12-24(2)21-6-4-16(13-26)9-20(18)21/h3-6,9,11-12,19,26H,7-8,10,13-14H2,1-2H3. The lowest BCUT2D eigenvalue weighted by molar-refractivity contribution is -0.00158. The summed E-state index contributed by atoms with van der Waals surface area (Å²) in [5.74, 6) is -0.00270. The average molecular weight is 379 g/mol. The lowest BCUT2D eigenvalue weighted by Gasteiger charge is -2.35. The van der Waals surface area contributed by atoms with Crippen LogP contribution in [0.25, 0.3) is 10.9 Å². The molecule has 0 aliphatic carbocycles. The third kappa shape index (κ3) is 3.53. The van der Waals surface area contributed by atoms with Crippen molar-refractivity contribution in [2.24, 2.45) is 7.05 Å². The zero-order chi connectivity index (χ0) is 19.7. The van der Waals surface area contributed by atoms with Gasteiger partial charge < -0.3 is 19.3 Å². The lowest BCUT2D eigenvalue weighted by Crippen LogP contribution is -2.49. The van der Waals surface area contributed by atoms with Crippen molar-refractivity contribution in [2.45, 2.75) is 26.0 Å². The van der Waals surface area contributed by atoms with Gasteiger partial charge in [-0.1, -0.05) is 6.07 Å². The summed E-state index contributed by atoms with van der Waals surface area (Å²) in [6, 6.07) is 9.67. The molecule has 28 heavy (non-hydrogen) atoms. The van der Waals surface area contributed by atoms with E-state index in [1.165, 1.54) is 0 Å². The van der Waals surface area contributed by atoms with E-state index in [0.717, 1.165) is 27.7 Å². The Morgan fingerprint density at radius 3 is 2.93 bits per heavy atom. The Bertz CT molecular complexity index is 994. The highest BCUT2D eigenvalue weighted by molar-refractivity contribution is 5.94. The number of aliphatic hydroxyl groups excluding tert-OH is 1. The number of hydrogen-bond donors (Lipinski definition) is 1. The van der Waals surface area contributed by atoms with Crippen molar-refractivity contribution >= 4 is 16.8 Å². The Labute approximate surface area is 164 Å². The number of aromatic nitrogens is 2. The first-order chi connectivity index (χ1) is 13.6. The summed E-state index contributed by atoms with van der Waals surface area (Å²) in [6.07, 6.45) is 4.46. The lowest BCUT2D eigenvalue weighted by atomic mass is 10.0. The molecule has 146 valence electrons. The molecular formula is C22H25N3O3. The summed E-state index contributed by atoms with van der Waals surface area (Å²) in [7, 11) is 2.02. The number of rotatable bonds is 4. The van der Waals surface area contributed by atoms with Gasteiger partial charge in [-0.2, -0.15) is 0 Å². The molecule has 1 aliphatic heterocycles. The van der Waals surface area contributed by atoms with Crippen LogP contribution < -0.4 is 0 Å². The minimum atomic E-state index is -0.0362. The third-order valence-corrected chi connectivity index (χ3v) is 5.42. The van der Waals surface area contributed by atoms with Gasteiger partial charge in [0.1, 0.15) is 0 Å². The summed E-state index contributed by atoms with van der Waals surface area (Å²) in [6.45, 7) is 3.56. The van der Waals surface area contributed by atoms with Crippen LogP contribution in [0.3, 0.4) is 0 Å². The Morgan fingerprint density at radius 1 is 1.32 bits per heavy atom. The zero-order valence-corrected chi connectivity index (χ0v) is 16.3. The van der Waals surface area contributed by atoms with Crippen molar-refractivity contribution in [3.05, 3.63) is 65.1 Å². The molecular weight excluding hydrogens is 354 g/mol. The molecule has 1 aromatic carbocycles. The molecule has 0 bridgehead atoms. The second-order valence-electron chi connectivity index (χ2n) is 7.39. The highest BCUT2D eigenvalue weighted by Crippen LogP contribution is 2.26. The van der Waals surface area contributed by atoms with Crippen molar-refractivity contribution in [3.63, 3.8) is 0 Å². The van der Waals surface area contributed by atoms with Gasteiger partial charge >= 0.3 is 0 Å². The molecule has 1 N–H and O–H groups in total. The van der Waals surface area contributed by atoms with Gasteiger partial charge in [-0.05, 0) is 48.7 Å². The minimum Gasteiger partial charge on any atom is -0.392 e. The molecule has 1 amide bonds. The highest BCUT2D eigenvalue weighted by atomic mass is 16.5. The van der Waals surface area contributed by atoms with Crippen LogP contribution >= 0.6 is 0 Å². The van der Waals surface area contributed by atoms with E-state index in [4.69, 9.17) is 4.74 Å². The average Bonchev–Trinajstić information content (AvgIpc) is 3.03. The van der Waals surface area contributed by atoms with Crippen LogP contribution in [-0.2, 0) is 24.8 Å². The van der Waals surface area contributed by atoms with Gasteiger partial charge in [0.2, 0.25) is 0 Å². The van der Waals surface area contributed by atoms with E-state index in [0.29, 0.717) is 31.7 Å². The molecule has 6 heteroatoms. The van der Waals surface area contributed by atoms with E-state index >= 15 is 0 Å². The van der Waals surface area contributed by atoms with Crippen molar-refractivity contribution in [1.82, 2.24) is 14.5 Å². The summed E-state index contributed by atoms with van der Waals surface area (Å²) in [5, 5.41) is 10.6. The van der Waals surface area contributed by atoms with Gasteiger partial charge in [-0.15, -0.1) is 0 Å². The molecule has 0 radical (unpaired) electrons. The van der Waals surface area contributed by atoms with Crippen LogP contribution in [0.2, 0.25) is 0 Å². The molecule has 3 aromatic rings. The summed E-state index contributed by atoms with van der Waals surface area (Å²) >= 11 is 0. The number of amides is 1. The Morgan fingerprint density at radius 2 is 2.18 bits per heavy atom. The second-order valence-corrected chi connectivity index (χ2v) is 7.39. The Balaban J connectivity index is 1.63. The quantitative estimate of drug-likeness (QED) is 0.756. The molecule has 1 aliphatic rings. The number of carbonyl (C=O) groups excluding carboxylic acids is 1. The molecule has 0 saturated carbocycles. The summed E-state index contributed by atoms with van der Waals surface area (Å²) in [4.78, 5) is 19.2. The number of morpholine rings is 1. The molecule has 4 rings (SSSR count). The Hall–Kier alpha value is -2.70. The van der Waals surface area contributed by atoms with Crippen molar-refractivity contribution < 1.29 is 14.6 Å². The molecule has 1 saturated heterocycles. The first-order valence-electron chi connectivity index (χ1n) is 9.56. The smallest absolute Gasteiger partial charge is 0.255 e. The number of pyridine rings is 1. The number of nitrogens with zero attached hydrogens (tertiary/aromatic N) is 3. The molecule has 1 unspecified atom stereocenters. The fourth-order valence-corrected chi connectivity index (χ4v) is 3.89. The third-order valence-electron chi connectivity index (χ3n) is 5.42. The van der Waals surface area contributed by atoms with E-state index in [-0.39, 0.29) is 18.6 Å². The second kappa shape index (κ2) is 7.73. The van der Waals surface area contributed by atoms with E-state index < -0.39 is 0 Å². The molecule has 3 heterocycles. The number of aliphatic hydroxyl groups is 1. The number of hydrogen-bond acceptors (Lipinski definition) is 4. The first kappa shape index (κ1) is 18.7. The summed E-state index contributed by atoms with van der Waals surface area (Å²) in [5.41, 5.74) is 4.66. The van der Waals surface area contributed by atoms with Gasteiger partial charge in [0, 0.05) is 42.6 Å². The molecule has 1 fully saturated rings. The van der Waals surface area contributed by atoms with Crippen LogP contribution in [0.1, 0.15) is 27.2 Å². The van der Waals surface area contributed by atoms with Gasteiger partial charge in [0.15, 0.2) is 0 Å². The first-order valence-corrected chi connectivity index (χ1v) is 9.56. The van der Waals surface area contributed by atoms with Crippen LogP contribution in [-0.4, -0.2) is 51.3 Å². The summed E-state index contributed by atoms with van der Waals surface area (Å²) < 4.78 is 7.79. The fourth-order valence-electron chi connectivity index (χ4n) is 3.89. The van der Waals surface area contributed by atoms with Crippen LogP contribution in [0, 0.1) is 6.92 Å². The number of benzene rings is 1. The number of ether oxygens (including phenoxy) is 1. The zero-order valence-electron chi connectivity index (χ0n) is 16.3. The van der Waals surface area contributed by atoms with Gasteiger partial charge in [-0.3, -0.25) is 9.78 Å². The van der Waals surface area contributed by atoms with E-state index in [1.54, 1.807) is 6.20 Å². The SMILES string of the molecule is Cc1ccc(C(=O)N2CCOCC2Cc2cn(C)c3ccc(CO)cc23)cn1. The topological polar surface area (TPSA) is 67.6 Å². The van der Waals surface area contributed by atoms with E-state index in [9.17, 15) is 9.90 Å². The fraction of sp³-hybridized carbons (Fsp3) is 0.364. The van der Waals surface area contributed by atoms with E-state index in [1.807, 2.05) is 49.2 Å². The Kier molecular flexibility index (Phi) is 5.15. The van der Waals surface area contributed by atoms with Crippen LogP contribution in [0.15, 0.2) is 42.7 Å². The molecule has 6 nitrogen and oxygen atoms in total. The van der Waals surface area contributed by atoms with Gasteiger partial charge in [-0.25, -0.2) is 0 Å². The number of aryl methyl sites for hydroxylation is 2. The molecule has 0 spiro atoms. The number of carbonyl (C=O) groups is 1. The van der Waals surface area contributed by atoms with Crippen LogP contribution in [0.4, 0.5) is 0 Å². The predicted octanol–water partition coefficient (Wildman–Crippen LogP) is 2.46. The van der Waals surface area contributed by atoms with Gasteiger partial charge in [0.05, 0.1) is 31.4 Å².